The lowest BCUT2D eigenvalue weighted by atomic mass is 10.2. The molecule has 3 rings (SSSR count). The van der Waals surface area contributed by atoms with E-state index in [9.17, 15) is 4.79 Å². The molecule has 112 valence electrons. The van der Waals surface area contributed by atoms with Gasteiger partial charge in [0, 0.05) is 12.0 Å². The minimum absolute atomic E-state index is 0.174. The first-order valence-corrected chi connectivity index (χ1v) is 8.17. The lowest BCUT2D eigenvalue weighted by molar-refractivity contribution is 0.103. The zero-order valence-electron chi connectivity index (χ0n) is 11.8. The summed E-state index contributed by atoms with van der Waals surface area (Å²) >= 11 is 2.76. The van der Waals surface area contributed by atoms with Crippen molar-refractivity contribution in [3.8, 4) is 10.4 Å². The molecule has 0 atom stereocenters. The Kier molecular flexibility index (Phi) is 4.57. The van der Waals surface area contributed by atoms with Gasteiger partial charge in [0.15, 0.2) is 0 Å². The number of anilines is 1. The van der Waals surface area contributed by atoms with Gasteiger partial charge >= 0.3 is 0 Å². The Morgan fingerprint density at radius 1 is 1.14 bits per heavy atom. The molecule has 0 aliphatic heterocycles. The molecule has 1 N–H and O–H groups in total. The second-order valence-corrected chi connectivity index (χ2v) is 6.56. The van der Waals surface area contributed by atoms with E-state index in [4.69, 9.17) is 4.74 Å². The monoisotopic (exact) mass is 331 g/mol. The van der Waals surface area contributed by atoms with Crippen LogP contribution in [0.4, 0.5) is 5.13 Å². The summed E-state index contributed by atoms with van der Waals surface area (Å²) in [6.07, 6.45) is 0. The molecular weight excluding hydrogens is 318 g/mol. The molecule has 2 heterocycles. The highest BCUT2D eigenvalue weighted by Gasteiger charge is 2.13. The number of thiophene rings is 1. The number of carbonyl (C=O) groups is 1. The molecule has 0 aliphatic rings. The first-order chi connectivity index (χ1) is 10.8. The molecule has 0 radical (unpaired) electrons. The van der Waals surface area contributed by atoms with Crippen molar-refractivity contribution in [2.45, 2.75) is 6.61 Å². The van der Waals surface area contributed by atoms with Crippen LogP contribution in [0.3, 0.4) is 0 Å². The molecule has 0 bridgehead atoms. The van der Waals surface area contributed by atoms with Crippen LogP contribution in [0.25, 0.3) is 10.4 Å². The van der Waals surface area contributed by atoms with Crippen molar-refractivity contribution in [2.24, 2.45) is 0 Å². The van der Waals surface area contributed by atoms with Gasteiger partial charge in [-0.3, -0.25) is 10.1 Å². The van der Waals surface area contributed by atoms with Crippen LogP contribution >= 0.6 is 22.7 Å². The summed E-state index contributed by atoms with van der Waals surface area (Å²) in [5.41, 5.74) is 1.10. The molecule has 7 heteroatoms. The van der Waals surface area contributed by atoms with Crippen molar-refractivity contribution in [1.29, 1.82) is 0 Å². The van der Waals surface area contributed by atoms with E-state index in [1.165, 1.54) is 22.7 Å². The highest BCUT2D eigenvalue weighted by Crippen LogP contribution is 2.28. The van der Waals surface area contributed by atoms with Crippen LogP contribution in [0, 0.1) is 0 Å². The molecule has 0 saturated carbocycles. The number of hydrogen-bond donors (Lipinski definition) is 1. The van der Waals surface area contributed by atoms with Crippen molar-refractivity contribution in [1.82, 2.24) is 10.2 Å². The van der Waals surface area contributed by atoms with E-state index >= 15 is 0 Å². The number of rotatable bonds is 5. The predicted molar refractivity (Wildman–Crippen MR) is 88.3 cm³/mol. The quantitative estimate of drug-likeness (QED) is 0.775. The second kappa shape index (κ2) is 6.78. The van der Waals surface area contributed by atoms with Gasteiger partial charge < -0.3 is 4.74 Å². The normalized spacial score (nSPS) is 10.6. The summed E-state index contributed by atoms with van der Waals surface area (Å²) in [5, 5.41) is 11.8. The van der Waals surface area contributed by atoms with Crippen LogP contribution in [0.1, 0.15) is 14.7 Å². The third kappa shape index (κ3) is 3.38. The molecule has 1 aromatic carbocycles. The Morgan fingerprint density at radius 2 is 1.95 bits per heavy atom. The largest absolute Gasteiger partial charge is 0.377 e. The van der Waals surface area contributed by atoms with Crippen LogP contribution in [0.2, 0.25) is 0 Å². The molecule has 0 saturated heterocycles. The van der Waals surface area contributed by atoms with E-state index < -0.39 is 0 Å². The fraction of sp³-hybridized carbons (Fsp3) is 0.133. The number of methoxy groups -OCH3 is 1. The van der Waals surface area contributed by atoms with Crippen LogP contribution in [-0.4, -0.2) is 23.2 Å². The summed E-state index contributed by atoms with van der Waals surface area (Å²) in [6.45, 7) is 0.394. The fourth-order valence-corrected chi connectivity index (χ4v) is 3.48. The minimum atomic E-state index is -0.174. The lowest BCUT2D eigenvalue weighted by Gasteiger charge is -1.97. The maximum Gasteiger partial charge on any atom is 0.267 e. The number of nitrogens with one attached hydrogen (secondary N) is 1. The Morgan fingerprint density at radius 3 is 2.73 bits per heavy atom. The number of benzene rings is 1. The Labute approximate surface area is 135 Å². The van der Waals surface area contributed by atoms with E-state index in [1.807, 2.05) is 42.5 Å². The van der Waals surface area contributed by atoms with E-state index in [2.05, 4.69) is 15.5 Å². The van der Waals surface area contributed by atoms with Crippen molar-refractivity contribution < 1.29 is 9.53 Å². The predicted octanol–water partition coefficient (Wildman–Crippen LogP) is 3.67. The van der Waals surface area contributed by atoms with Crippen LogP contribution in [0.5, 0.6) is 0 Å². The topological polar surface area (TPSA) is 64.1 Å². The molecule has 0 unspecified atom stereocenters. The Hall–Kier alpha value is -2.09. The lowest BCUT2D eigenvalue weighted by Crippen LogP contribution is -2.09. The van der Waals surface area contributed by atoms with E-state index in [-0.39, 0.29) is 5.91 Å². The summed E-state index contributed by atoms with van der Waals surface area (Å²) in [7, 11) is 1.59. The Bertz CT molecular complexity index is 768. The molecule has 0 fully saturated rings. The molecule has 5 nitrogen and oxygen atoms in total. The van der Waals surface area contributed by atoms with Crippen LogP contribution in [-0.2, 0) is 11.3 Å². The standard InChI is InChI=1S/C15H13N3O2S2/c1-20-9-13-17-18-15(22-13)16-14(19)12-8-7-11(21-12)10-5-3-2-4-6-10/h2-8H,9H2,1H3,(H,16,18,19). The average Bonchev–Trinajstić information content (AvgIpc) is 3.18. The van der Waals surface area contributed by atoms with Gasteiger partial charge in [-0.05, 0) is 17.7 Å². The van der Waals surface area contributed by atoms with Gasteiger partial charge in [0.1, 0.15) is 11.6 Å². The molecule has 22 heavy (non-hydrogen) atoms. The third-order valence-electron chi connectivity index (χ3n) is 2.84. The zero-order valence-corrected chi connectivity index (χ0v) is 13.4. The van der Waals surface area contributed by atoms with Crippen molar-refractivity contribution >= 4 is 33.7 Å². The number of amides is 1. The molecule has 1 amide bonds. The van der Waals surface area contributed by atoms with E-state index in [0.29, 0.717) is 16.6 Å². The number of nitrogens with zero attached hydrogens (tertiary/aromatic N) is 2. The van der Waals surface area contributed by atoms with Gasteiger partial charge in [-0.2, -0.15) is 0 Å². The molecule has 0 spiro atoms. The van der Waals surface area contributed by atoms with E-state index in [0.717, 1.165) is 15.4 Å². The first-order valence-electron chi connectivity index (χ1n) is 6.54. The number of aromatic nitrogens is 2. The van der Waals surface area contributed by atoms with Crippen molar-refractivity contribution in [3.05, 3.63) is 52.3 Å². The van der Waals surface area contributed by atoms with Crippen molar-refractivity contribution in [2.75, 3.05) is 12.4 Å². The maximum absolute atomic E-state index is 12.2. The number of ether oxygens (including phenoxy) is 1. The highest BCUT2D eigenvalue weighted by molar-refractivity contribution is 7.18. The van der Waals surface area contributed by atoms with Gasteiger partial charge in [0.25, 0.3) is 5.91 Å². The second-order valence-electron chi connectivity index (χ2n) is 4.42. The first kappa shape index (κ1) is 14.8. The highest BCUT2D eigenvalue weighted by atomic mass is 32.1. The average molecular weight is 331 g/mol. The van der Waals surface area contributed by atoms with E-state index in [1.54, 1.807) is 7.11 Å². The van der Waals surface area contributed by atoms with Gasteiger partial charge in [-0.25, -0.2) is 0 Å². The number of carbonyl (C=O) groups excluding carboxylic acids is 1. The summed E-state index contributed by atoms with van der Waals surface area (Å²) < 4.78 is 4.98. The van der Waals surface area contributed by atoms with Crippen LogP contribution in [0.15, 0.2) is 42.5 Å². The molecular formula is C15H13N3O2S2. The van der Waals surface area contributed by atoms with Gasteiger partial charge in [0.2, 0.25) is 5.13 Å². The Balaban J connectivity index is 1.71. The summed E-state index contributed by atoms with van der Waals surface area (Å²) in [6, 6.07) is 13.7. The van der Waals surface area contributed by atoms with Crippen LogP contribution < -0.4 is 5.32 Å². The van der Waals surface area contributed by atoms with Gasteiger partial charge in [0.05, 0.1) is 4.88 Å². The van der Waals surface area contributed by atoms with Gasteiger partial charge in [-0.1, -0.05) is 41.7 Å². The summed E-state index contributed by atoms with van der Waals surface area (Å²) in [5.74, 6) is -0.174. The summed E-state index contributed by atoms with van der Waals surface area (Å²) in [4.78, 5) is 13.9. The minimum Gasteiger partial charge on any atom is -0.377 e. The SMILES string of the molecule is COCc1nnc(NC(=O)c2ccc(-c3ccccc3)s2)s1. The molecule has 0 aliphatic carbocycles. The maximum atomic E-state index is 12.2. The zero-order chi connectivity index (χ0) is 15.4. The smallest absolute Gasteiger partial charge is 0.267 e. The van der Waals surface area contributed by atoms with Gasteiger partial charge in [-0.15, -0.1) is 21.5 Å². The number of hydrogen-bond acceptors (Lipinski definition) is 6. The third-order valence-corrected chi connectivity index (χ3v) is 4.79. The molecule has 2 aromatic heterocycles. The molecule has 3 aromatic rings. The fourth-order valence-electron chi connectivity index (χ4n) is 1.86. The van der Waals surface area contributed by atoms with Crippen molar-refractivity contribution in [3.63, 3.8) is 0 Å².